The molecule has 1 amide bonds. The van der Waals surface area contributed by atoms with E-state index >= 15 is 0 Å². The molecule has 1 aliphatic heterocycles. The van der Waals surface area contributed by atoms with Gasteiger partial charge in [-0.3, -0.25) is 14.6 Å². The van der Waals surface area contributed by atoms with Gasteiger partial charge in [0, 0.05) is 18.7 Å². The minimum absolute atomic E-state index is 0.153. The van der Waals surface area contributed by atoms with Crippen LogP contribution in [0.25, 0.3) is 0 Å². The Bertz CT molecular complexity index is 817. The molecule has 146 valence electrons. The zero-order valence-electron chi connectivity index (χ0n) is 15.7. The Hall–Kier alpha value is -2.35. The number of ketones is 1. The zero-order valence-corrected chi connectivity index (χ0v) is 16.6. The van der Waals surface area contributed by atoms with Gasteiger partial charge in [0.25, 0.3) is 0 Å². The van der Waals surface area contributed by atoms with E-state index < -0.39 is 17.2 Å². The summed E-state index contributed by atoms with van der Waals surface area (Å²) in [7, 11) is 0. The van der Waals surface area contributed by atoms with Crippen LogP contribution in [0.5, 0.6) is 5.75 Å². The maximum atomic E-state index is 12.8. The summed E-state index contributed by atoms with van der Waals surface area (Å²) in [6, 6.07) is 2.35. The molecule has 8 heteroatoms. The molecule has 0 saturated carbocycles. The van der Waals surface area contributed by atoms with Crippen LogP contribution in [0.15, 0.2) is 39.0 Å². The second-order valence-electron chi connectivity index (χ2n) is 6.46. The molecule has 2 heterocycles. The summed E-state index contributed by atoms with van der Waals surface area (Å²) in [6.07, 6.45) is 2.91. The molecule has 0 unspecified atom stereocenters. The third-order valence-corrected chi connectivity index (χ3v) is 5.34. The van der Waals surface area contributed by atoms with E-state index in [1.807, 2.05) is 6.92 Å². The smallest absolute Gasteiger partial charge is 0.339 e. The summed E-state index contributed by atoms with van der Waals surface area (Å²) in [5.74, 6) is 0.598. The summed E-state index contributed by atoms with van der Waals surface area (Å²) >= 11 is 1.27. The Morgan fingerprint density at radius 2 is 2.26 bits per heavy atom. The molecule has 1 N–H and O–H groups in total. The molecular formula is C19H24N2O5S. The molecular weight excluding hydrogens is 368 g/mol. The normalized spacial score (nSPS) is 19.9. The van der Waals surface area contributed by atoms with Crippen LogP contribution < -0.4 is 15.7 Å². The van der Waals surface area contributed by atoms with Crippen LogP contribution in [-0.2, 0) is 9.59 Å². The predicted octanol–water partition coefficient (Wildman–Crippen LogP) is 2.66. The SMILES string of the molecule is C=CCOc1cc([C@@H](CCC)NC(=O)[C@]2(C)CSC(C(C)=O)=N2)oc(=O)c1. The molecule has 0 radical (unpaired) electrons. The number of nitrogens with zero attached hydrogens (tertiary/aromatic N) is 1. The fraction of sp³-hybridized carbons (Fsp3) is 0.474. The summed E-state index contributed by atoms with van der Waals surface area (Å²) in [5.41, 5.74) is -1.59. The van der Waals surface area contributed by atoms with E-state index in [0.29, 0.717) is 28.7 Å². The molecule has 7 nitrogen and oxygen atoms in total. The van der Waals surface area contributed by atoms with Crippen molar-refractivity contribution >= 4 is 28.5 Å². The highest BCUT2D eigenvalue weighted by Gasteiger charge is 2.40. The van der Waals surface area contributed by atoms with Gasteiger partial charge in [-0.25, -0.2) is 4.79 Å². The lowest BCUT2D eigenvalue weighted by molar-refractivity contribution is -0.125. The lowest BCUT2D eigenvalue weighted by atomic mass is 10.0. The number of hydrogen-bond donors (Lipinski definition) is 1. The highest BCUT2D eigenvalue weighted by Crippen LogP contribution is 2.30. The number of hydrogen-bond acceptors (Lipinski definition) is 7. The fourth-order valence-electron chi connectivity index (χ4n) is 2.57. The van der Waals surface area contributed by atoms with Gasteiger partial charge < -0.3 is 14.5 Å². The third kappa shape index (κ3) is 5.32. The van der Waals surface area contributed by atoms with Gasteiger partial charge in [0.1, 0.15) is 28.7 Å². The average Bonchev–Trinajstić information content (AvgIpc) is 3.03. The highest BCUT2D eigenvalue weighted by atomic mass is 32.2. The molecule has 0 aliphatic carbocycles. The van der Waals surface area contributed by atoms with Gasteiger partial charge in [-0.2, -0.15) is 0 Å². The van der Waals surface area contributed by atoms with Crippen molar-refractivity contribution < 1.29 is 18.7 Å². The highest BCUT2D eigenvalue weighted by molar-refractivity contribution is 8.16. The van der Waals surface area contributed by atoms with Crippen LogP contribution in [0.1, 0.15) is 45.4 Å². The van der Waals surface area contributed by atoms with Gasteiger partial charge in [-0.05, 0) is 13.3 Å². The number of amides is 1. The van der Waals surface area contributed by atoms with E-state index in [1.54, 1.807) is 19.1 Å². The average molecular weight is 392 g/mol. The Morgan fingerprint density at radius 3 is 2.85 bits per heavy atom. The Morgan fingerprint density at radius 1 is 1.52 bits per heavy atom. The van der Waals surface area contributed by atoms with Gasteiger partial charge in [0.05, 0.1) is 12.1 Å². The molecule has 0 spiro atoms. The molecule has 0 aromatic carbocycles. The van der Waals surface area contributed by atoms with Gasteiger partial charge in [-0.15, -0.1) is 11.8 Å². The van der Waals surface area contributed by atoms with E-state index in [2.05, 4.69) is 16.9 Å². The number of nitrogens with one attached hydrogen (secondary N) is 1. The molecule has 2 atom stereocenters. The number of rotatable bonds is 9. The van der Waals surface area contributed by atoms with Gasteiger partial charge in [0.2, 0.25) is 5.91 Å². The molecule has 0 saturated heterocycles. The standard InChI is InChI=1S/C19H24N2O5S/c1-5-7-14(15-9-13(25-8-6-2)10-16(23)26-15)20-18(24)19(4)11-27-17(21-19)12(3)22/h6,9-10,14H,2,5,7-8,11H2,1,3-4H3,(H,20,24)/t14-,19+/m1/s1. The number of carbonyl (C=O) groups excluding carboxylic acids is 2. The van der Waals surface area contributed by atoms with Gasteiger partial charge >= 0.3 is 5.63 Å². The lowest BCUT2D eigenvalue weighted by Gasteiger charge is -2.24. The van der Waals surface area contributed by atoms with Crippen molar-refractivity contribution in [1.29, 1.82) is 0 Å². The summed E-state index contributed by atoms with van der Waals surface area (Å²) in [5, 5.41) is 3.26. The first kappa shape index (κ1) is 21.0. The van der Waals surface area contributed by atoms with Crippen molar-refractivity contribution in [3.63, 3.8) is 0 Å². The molecule has 1 aromatic heterocycles. The Balaban J connectivity index is 2.24. The second kappa shape index (κ2) is 9.03. The Labute approximate surface area is 162 Å². The predicted molar refractivity (Wildman–Crippen MR) is 105 cm³/mol. The summed E-state index contributed by atoms with van der Waals surface area (Å²) < 4.78 is 10.7. The topological polar surface area (TPSA) is 98.0 Å². The van der Waals surface area contributed by atoms with Gasteiger partial charge in [-0.1, -0.05) is 26.0 Å². The van der Waals surface area contributed by atoms with Crippen molar-refractivity contribution in [3.05, 3.63) is 41.0 Å². The number of aliphatic imine (C=N–C) groups is 1. The summed E-state index contributed by atoms with van der Waals surface area (Å²) in [6.45, 7) is 8.91. The second-order valence-corrected chi connectivity index (χ2v) is 7.43. The van der Waals surface area contributed by atoms with Crippen LogP contribution in [-0.4, -0.2) is 34.6 Å². The van der Waals surface area contributed by atoms with Crippen LogP contribution in [0.2, 0.25) is 0 Å². The summed E-state index contributed by atoms with van der Waals surface area (Å²) in [4.78, 5) is 40.5. The number of Topliss-reactive ketones (excluding diaryl/α,β-unsaturated/α-hetero) is 1. The van der Waals surface area contributed by atoms with Crippen molar-refractivity contribution in [1.82, 2.24) is 5.32 Å². The molecule has 0 bridgehead atoms. The zero-order chi connectivity index (χ0) is 20.0. The number of ether oxygens (including phenoxy) is 1. The first-order valence-corrected chi connectivity index (χ1v) is 9.71. The van der Waals surface area contributed by atoms with Crippen LogP contribution in [0, 0.1) is 0 Å². The van der Waals surface area contributed by atoms with Crippen LogP contribution >= 0.6 is 11.8 Å². The first-order chi connectivity index (χ1) is 12.8. The van der Waals surface area contributed by atoms with Crippen molar-refractivity contribution in [3.8, 4) is 5.75 Å². The molecule has 2 rings (SSSR count). The quantitative estimate of drug-likeness (QED) is 0.649. The van der Waals surface area contributed by atoms with Crippen molar-refractivity contribution in [2.75, 3.05) is 12.4 Å². The lowest BCUT2D eigenvalue weighted by Crippen LogP contribution is -2.45. The van der Waals surface area contributed by atoms with E-state index in [9.17, 15) is 14.4 Å². The van der Waals surface area contributed by atoms with Crippen LogP contribution in [0.4, 0.5) is 0 Å². The van der Waals surface area contributed by atoms with Gasteiger partial charge in [0.15, 0.2) is 5.78 Å². The monoisotopic (exact) mass is 392 g/mol. The maximum absolute atomic E-state index is 12.8. The number of thioether (sulfide) groups is 1. The van der Waals surface area contributed by atoms with E-state index in [0.717, 1.165) is 6.42 Å². The molecule has 1 aliphatic rings. The Kier molecular flexibility index (Phi) is 7.01. The fourth-order valence-corrected chi connectivity index (χ4v) is 3.65. The van der Waals surface area contributed by atoms with E-state index in [4.69, 9.17) is 9.15 Å². The van der Waals surface area contributed by atoms with E-state index in [1.165, 1.54) is 24.8 Å². The molecule has 1 aromatic rings. The first-order valence-electron chi connectivity index (χ1n) is 8.72. The maximum Gasteiger partial charge on any atom is 0.339 e. The van der Waals surface area contributed by atoms with E-state index in [-0.39, 0.29) is 18.3 Å². The van der Waals surface area contributed by atoms with Crippen molar-refractivity contribution in [2.45, 2.75) is 45.2 Å². The third-order valence-electron chi connectivity index (χ3n) is 3.99. The molecule has 0 fully saturated rings. The largest absolute Gasteiger partial charge is 0.489 e. The van der Waals surface area contributed by atoms with Crippen molar-refractivity contribution in [2.24, 2.45) is 4.99 Å². The minimum Gasteiger partial charge on any atom is -0.489 e. The van der Waals surface area contributed by atoms with Crippen LogP contribution in [0.3, 0.4) is 0 Å². The molecule has 27 heavy (non-hydrogen) atoms. The minimum atomic E-state index is -1.03. The number of carbonyl (C=O) groups is 2.